The van der Waals surface area contributed by atoms with Gasteiger partial charge in [0.2, 0.25) is 5.91 Å². The summed E-state index contributed by atoms with van der Waals surface area (Å²) in [6.45, 7) is 3.83. The van der Waals surface area contributed by atoms with E-state index in [1.165, 1.54) is 25.6 Å². The fourth-order valence-corrected chi connectivity index (χ4v) is 3.94. The minimum Gasteiger partial charge on any atom is -0.506 e. The molecule has 196 valence electrons. The highest BCUT2D eigenvalue weighted by atomic mass is 16.7. The highest BCUT2D eigenvalue weighted by Crippen LogP contribution is 2.20. The Morgan fingerprint density at radius 1 is 1.14 bits per heavy atom. The van der Waals surface area contributed by atoms with E-state index in [0.717, 1.165) is 5.56 Å². The lowest BCUT2D eigenvalue weighted by Gasteiger charge is -2.25. The molecule has 0 spiro atoms. The Balaban J connectivity index is 1.80. The summed E-state index contributed by atoms with van der Waals surface area (Å²) in [5, 5.41) is 17.5. The molecule has 1 aliphatic rings. The third-order valence-electron chi connectivity index (χ3n) is 5.71. The molecule has 0 saturated carbocycles. The Hall–Kier alpha value is -3.84. The van der Waals surface area contributed by atoms with Crippen LogP contribution in [0, 0.1) is 5.92 Å². The first-order valence-electron chi connectivity index (χ1n) is 11.9. The van der Waals surface area contributed by atoms with Crippen LogP contribution in [-0.4, -0.2) is 77.1 Å². The first-order valence-corrected chi connectivity index (χ1v) is 11.9. The number of hydrogen-bond donors (Lipinski definition) is 4. The van der Waals surface area contributed by atoms with E-state index < -0.39 is 55.0 Å². The number of hydrogen-bond acceptors (Lipinski definition) is 9. The summed E-state index contributed by atoms with van der Waals surface area (Å²) in [6, 6.07) is 6.83. The second-order valence-electron chi connectivity index (χ2n) is 9.02. The third kappa shape index (κ3) is 7.57. The average molecular weight is 511 g/mol. The molecule has 1 aliphatic heterocycles. The zero-order valence-corrected chi connectivity index (χ0v) is 20.8. The molecule has 3 rings (SSSR count). The summed E-state index contributed by atoms with van der Waals surface area (Å²) >= 11 is 0. The molecule has 3 unspecified atom stereocenters. The van der Waals surface area contributed by atoms with Gasteiger partial charge in [0.1, 0.15) is 17.8 Å². The minimum atomic E-state index is -1.38. The number of carboxylic acids is 1. The SMILES string of the molecule is CNC(C(=O)O)C1OB([C@H](CC(C)C)NC(=O)C(Cc2ccccc2)NC(=O)c2cnccn2)OC1=O. The normalized spacial score (nSPS) is 17.6. The zero-order valence-electron chi connectivity index (χ0n) is 20.8. The Kier molecular flexibility index (Phi) is 9.69. The number of nitrogens with zero attached hydrogens (tertiary/aromatic N) is 2. The minimum absolute atomic E-state index is 0.0507. The number of benzene rings is 1. The van der Waals surface area contributed by atoms with Gasteiger partial charge in [-0.2, -0.15) is 0 Å². The molecule has 1 aromatic heterocycles. The standard InChI is InChI=1S/C24H30BN5O7/c1-14(2)11-18(25-36-20(24(35)37-25)19(26-3)23(33)34)30-21(31)16(12-15-7-5-4-6-8-15)29-22(32)17-13-27-9-10-28-17/h4-10,13-14,16,18-20,26H,11-12H2,1-3H3,(H,29,32)(H,30,31)(H,33,34)/t16?,18-,19?,20?/m0/s1. The number of carbonyl (C=O) groups excluding carboxylic acids is 3. The van der Waals surface area contributed by atoms with E-state index >= 15 is 0 Å². The lowest BCUT2D eigenvalue weighted by Crippen LogP contribution is -2.55. The number of aliphatic carboxylic acids is 1. The van der Waals surface area contributed by atoms with Crippen molar-refractivity contribution in [3.8, 4) is 0 Å². The fraction of sp³-hybridized carbons (Fsp3) is 0.417. The molecule has 12 nitrogen and oxygen atoms in total. The number of nitrogens with one attached hydrogen (secondary N) is 3. The molecule has 2 heterocycles. The Morgan fingerprint density at radius 3 is 2.46 bits per heavy atom. The number of carbonyl (C=O) groups is 4. The Labute approximate surface area is 214 Å². The summed E-state index contributed by atoms with van der Waals surface area (Å²) in [5.74, 6) is -3.95. The second-order valence-corrected chi connectivity index (χ2v) is 9.02. The van der Waals surface area contributed by atoms with Crippen molar-refractivity contribution >= 4 is 30.9 Å². The lowest BCUT2D eigenvalue weighted by atomic mass is 9.74. The van der Waals surface area contributed by atoms with Gasteiger partial charge in [0.25, 0.3) is 5.91 Å². The fourth-order valence-electron chi connectivity index (χ4n) is 3.94. The molecule has 37 heavy (non-hydrogen) atoms. The van der Waals surface area contributed by atoms with Crippen molar-refractivity contribution in [2.24, 2.45) is 5.92 Å². The molecular weight excluding hydrogens is 481 g/mol. The smallest absolute Gasteiger partial charge is 0.506 e. The summed E-state index contributed by atoms with van der Waals surface area (Å²) < 4.78 is 11.0. The van der Waals surface area contributed by atoms with Crippen molar-refractivity contribution in [3.63, 3.8) is 0 Å². The van der Waals surface area contributed by atoms with Crippen LogP contribution in [-0.2, 0) is 30.1 Å². The summed E-state index contributed by atoms with van der Waals surface area (Å²) in [4.78, 5) is 58.0. The summed E-state index contributed by atoms with van der Waals surface area (Å²) in [6.07, 6.45) is 3.26. The van der Waals surface area contributed by atoms with Gasteiger partial charge in [-0.25, -0.2) is 4.98 Å². The Bertz CT molecular complexity index is 1090. The van der Waals surface area contributed by atoms with Crippen LogP contribution in [0.25, 0.3) is 0 Å². The predicted octanol–water partition coefficient (Wildman–Crippen LogP) is -0.00940. The van der Waals surface area contributed by atoms with Crippen molar-refractivity contribution in [2.45, 2.75) is 50.8 Å². The van der Waals surface area contributed by atoms with Crippen LogP contribution >= 0.6 is 0 Å². The van der Waals surface area contributed by atoms with Gasteiger partial charge < -0.3 is 30.4 Å². The maximum atomic E-state index is 13.5. The van der Waals surface area contributed by atoms with Gasteiger partial charge in [-0.3, -0.25) is 24.2 Å². The van der Waals surface area contributed by atoms with Gasteiger partial charge >= 0.3 is 19.1 Å². The number of carboxylic acid groups (broad SMARTS) is 1. The molecule has 0 radical (unpaired) electrons. The van der Waals surface area contributed by atoms with Crippen molar-refractivity contribution in [1.29, 1.82) is 0 Å². The van der Waals surface area contributed by atoms with E-state index in [9.17, 15) is 24.3 Å². The van der Waals surface area contributed by atoms with Crippen LogP contribution in [0.15, 0.2) is 48.9 Å². The van der Waals surface area contributed by atoms with Gasteiger partial charge in [-0.15, -0.1) is 0 Å². The molecule has 1 aromatic carbocycles. The van der Waals surface area contributed by atoms with Crippen LogP contribution < -0.4 is 16.0 Å². The number of rotatable bonds is 12. The Morgan fingerprint density at radius 2 is 1.86 bits per heavy atom. The molecule has 0 aliphatic carbocycles. The van der Waals surface area contributed by atoms with Crippen molar-refractivity contribution in [1.82, 2.24) is 25.9 Å². The highest BCUT2D eigenvalue weighted by molar-refractivity contribution is 6.51. The lowest BCUT2D eigenvalue weighted by molar-refractivity contribution is -0.148. The van der Waals surface area contributed by atoms with Gasteiger partial charge in [0, 0.05) is 18.8 Å². The summed E-state index contributed by atoms with van der Waals surface area (Å²) in [7, 11) is 0.191. The van der Waals surface area contributed by atoms with Crippen LogP contribution in [0.1, 0.15) is 36.3 Å². The number of likely N-dealkylation sites (N-methyl/N-ethyl adjacent to an activating group) is 1. The van der Waals surface area contributed by atoms with E-state index in [1.54, 1.807) is 0 Å². The summed E-state index contributed by atoms with van der Waals surface area (Å²) in [5.41, 5.74) is 0.860. The maximum absolute atomic E-state index is 13.5. The number of amides is 2. The van der Waals surface area contributed by atoms with Crippen molar-refractivity contribution in [3.05, 3.63) is 60.2 Å². The molecule has 4 atom stereocenters. The molecular formula is C24H30BN5O7. The molecule has 2 amide bonds. The maximum Gasteiger partial charge on any atom is 0.552 e. The molecule has 4 N–H and O–H groups in total. The third-order valence-corrected chi connectivity index (χ3v) is 5.71. The first-order chi connectivity index (χ1) is 17.7. The van der Waals surface area contributed by atoms with E-state index in [-0.39, 0.29) is 18.0 Å². The van der Waals surface area contributed by atoms with E-state index in [4.69, 9.17) is 9.31 Å². The van der Waals surface area contributed by atoms with Crippen molar-refractivity contribution in [2.75, 3.05) is 7.05 Å². The monoisotopic (exact) mass is 511 g/mol. The van der Waals surface area contributed by atoms with Crippen LogP contribution in [0.4, 0.5) is 0 Å². The second kappa shape index (κ2) is 12.9. The molecule has 13 heteroatoms. The van der Waals surface area contributed by atoms with Gasteiger partial charge in [-0.1, -0.05) is 44.2 Å². The highest BCUT2D eigenvalue weighted by Gasteiger charge is 2.50. The largest absolute Gasteiger partial charge is 0.552 e. The average Bonchev–Trinajstić information content (AvgIpc) is 3.25. The quantitative estimate of drug-likeness (QED) is 0.285. The van der Waals surface area contributed by atoms with Gasteiger partial charge in [-0.05, 0) is 24.9 Å². The molecule has 2 aromatic rings. The first kappa shape index (κ1) is 27.7. The zero-order chi connectivity index (χ0) is 26.9. The predicted molar refractivity (Wildman–Crippen MR) is 132 cm³/mol. The topological polar surface area (TPSA) is 169 Å². The van der Waals surface area contributed by atoms with E-state index in [0.29, 0.717) is 6.42 Å². The van der Waals surface area contributed by atoms with Gasteiger partial charge in [0.05, 0.1) is 12.1 Å². The van der Waals surface area contributed by atoms with Crippen LogP contribution in [0.2, 0.25) is 0 Å². The van der Waals surface area contributed by atoms with Gasteiger partial charge in [0.15, 0.2) is 6.10 Å². The van der Waals surface area contributed by atoms with Crippen LogP contribution in [0.3, 0.4) is 0 Å². The molecule has 0 bridgehead atoms. The van der Waals surface area contributed by atoms with Crippen LogP contribution in [0.5, 0.6) is 0 Å². The molecule has 1 saturated heterocycles. The van der Waals surface area contributed by atoms with E-state index in [2.05, 4.69) is 25.9 Å². The number of aromatic nitrogens is 2. The van der Waals surface area contributed by atoms with Crippen molar-refractivity contribution < 1.29 is 33.6 Å². The molecule has 1 fully saturated rings. The van der Waals surface area contributed by atoms with E-state index in [1.807, 2.05) is 44.2 Å².